The van der Waals surface area contributed by atoms with Gasteiger partial charge in [-0.05, 0) is 56.5 Å². The highest BCUT2D eigenvalue weighted by molar-refractivity contribution is 6.00. The standard InChI is InChI=1S/C21H27N3O/c1-5-24(6-2)21(25)15-9-17-16-8-7-13(3)20-19(16)14(11-22-20)10-18(17)23(4)12-15/h7-9,11,15,18,22H,5-6,10,12H2,1-4H3/t15-,18-/m1/s1. The Morgan fingerprint density at radius 3 is 2.80 bits per heavy atom. The molecule has 2 aromatic rings. The van der Waals surface area contributed by atoms with Crippen LogP contribution in [0.5, 0.6) is 0 Å². The van der Waals surface area contributed by atoms with Crippen LogP contribution >= 0.6 is 0 Å². The van der Waals surface area contributed by atoms with E-state index in [2.05, 4.69) is 62.1 Å². The summed E-state index contributed by atoms with van der Waals surface area (Å²) in [6.45, 7) is 8.62. The van der Waals surface area contributed by atoms with E-state index in [0.717, 1.165) is 26.1 Å². The van der Waals surface area contributed by atoms with Crippen LogP contribution in [0, 0.1) is 12.8 Å². The van der Waals surface area contributed by atoms with Crippen LogP contribution in [-0.4, -0.2) is 53.4 Å². The van der Waals surface area contributed by atoms with Crippen LogP contribution in [0.1, 0.15) is 30.5 Å². The first-order valence-corrected chi connectivity index (χ1v) is 9.35. The Bertz CT molecular complexity index is 859. The zero-order chi connectivity index (χ0) is 17.7. The maximum absolute atomic E-state index is 12.9. The van der Waals surface area contributed by atoms with E-state index < -0.39 is 0 Å². The average molecular weight is 337 g/mol. The monoisotopic (exact) mass is 337 g/mol. The molecule has 2 heterocycles. The van der Waals surface area contributed by atoms with Crippen molar-refractivity contribution in [2.24, 2.45) is 5.92 Å². The first kappa shape index (κ1) is 16.4. The molecule has 1 amide bonds. The number of aromatic nitrogens is 1. The number of carbonyl (C=O) groups excluding carboxylic acids is 1. The highest BCUT2D eigenvalue weighted by atomic mass is 16.2. The van der Waals surface area contributed by atoms with E-state index in [1.165, 1.54) is 33.2 Å². The van der Waals surface area contributed by atoms with Gasteiger partial charge in [-0.25, -0.2) is 0 Å². The van der Waals surface area contributed by atoms with E-state index in [1.54, 1.807) is 0 Å². The molecular weight excluding hydrogens is 310 g/mol. The summed E-state index contributed by atoms with van der Waals surface area (Å²) in [6, 6.07) is 4.80. The second-order valence-electron chi connectivity index (χ2n) is 7.39. The molecule has 25 heavy (non-hydrogen) atoms. The Labute approximate surface area is 149 Å². The number of H-pyrrole nitrogens is 1. The lowest BCUT2D eigenvalue weighted by atomic mass is 9.79. The van der Waals surface area contributed by atoms with Crippen molar-refractivity contribution in [3.8, 4) is 0 Å². The van der Waals surface area contributed by atoms with E-state index in [-0.39, 0.29) is 11.8 Å². The third-order valence-electron chi connectivity index (χ3n) is 6.00. The van der Waals surface area contributed by atoms with Crippen molar-refractivity contribution < 1.29 is 4.79 Å². The molecule has 0 unspecified atom stereocenters. The van der Waals surface area contributed by atoms with Crippen molar-refractivity contribution in [3.63, 3.8) is 0 Å². The van der Waals surface area contributed by atoms with Gasteiger partial charge in [0.05, 0.1) is 5.92 Å². The molecule has 0 saturated carbocycles. The Morgan fingerprint density at radius 2 is 2.08 bits per heavy atom. The van der Waals surface area contributed by atoms with Crippen LogP contribution < -0.4 is 0 Å². The number of benzene rings is 1. The van der Waals surface area contributed by atoms with Crippen LogP contribution in [0.2, 0.25) is 0 Å². The highest BCUT2D eigenvalue weighted by Crippen LogP contribution is 2.41. The molecule has 4 heteroatoms. The molecule has 4 rings (SSSR count). The number of likely N-dealkylation sites (N-methyl/N-ethyl adjacent to an activating group) is 1. The van der Waals surface area contributed by atoms with Gasteiger partial charge in [0.2, 0.25) is 5.91 Å². The molecule has 1 aliphatic heterocycles. The number of hydrogen-bond acceptors (Lipinski definition) is 2. The predicted molar refractivity (Wildman–Crippen MR) is 103 cm³/mol. The molecule has 0 fully saturated rings. The van der Waals surface area contributed by atoms with Crippen molar-refractivity contribution in [2.75, 3.05) is 26.7 Å². The molecule has 0 saturated heterocycles. The maximum atomic E-state index is 12.9. The van der Waals surface area contributed by atoms with Gasteiger partial charge in [0.25, 0.3) is 0 Å². The fourth-order valence-corrected chi connectivity index (χ4v) is 4.58. The van der Waals surface area contributed by atoms with Gasteiger partial charge in [-0.1, -0.05) is 18.2 Å². The number of hydrogen-bond donors (Lipinski definition) is 1. The summed E-state index contributed by atoms with van der Waals surface area (Å²) in [5.74, 6) is 0.207. The van der Waals surface area contributed by atoms with Crippen LogP contribution in [-0.2, 0) is 11.2 Å². The van der Waals surface area contributed by atoms with Gasteiger partial charge in [0, 0.05) is 42.8 Å². The van der Waals surface area contributed by atoms with Crippen molar-refractivity contribution in [1.82, 2.24) is 14.8 Å². The van der Waals surface area contributed by atoms with Gasteiger partial charge in [-0.15, -0.1) is 0 Å². The zero-order valence-electron chi connectivity index (χ0n) is 15.6. The van der Waals surface area contributed by atoms with Crippen molar-refractivity contribution in [3.05, 3.63) is 41.1 Å². The summed E-state index contributed by atoms with van der Waals surface area (Å²) in [5, 5.41) is 1.35. The first-order valence-electron chi connectivity index (χ1n) is 9.35. The average Bonchev–Trinajstić information content (AvgIpc) is 3.04. The van der Waals surface area contributed by atoms with E-state index >= 15 is 0 Å². The van der Waals surface area contributed by atoms with Gasteiger partial charge in [0.15, 0.2) is 0 Å². The predicted octanol–water partition coefficient (Wildman–Crippen LogP) is 3.21. The van der Waals surface area contributed by atoms with Crippen LogP contribution in [0.3, 0.4) is 0 Å². The highest BCUT2D eigenvalue weighted by Gasteiger charge is 2.36. The minimum absolute atomic E-state index is 0.0482. The summed E-state index contributed by atoms with van der Waals surface area (Å²) in [4.78, 5) is 20.7. The van der Waals surface area contributed by atoms with Gasteiger partial charge in [0.1, 0.15) is 0 Å². The molecule has 2 aliphatic rings. The lowest BCUT2D eigenvalue weighted by molar-refractivity contribution is -0.134. The quantitative estimate of drug-likeness (QED) is 0.934. The number of aryl methyl sites for hydroxylation is 1. The van der Waals surface area contributed by atoms with Crippen molar-refractivity contribution in [1.29, 1.82) is 0 Å². The number of aromatic amines is 1. The Balaban J connectivity index is 1.82. The van der Waals surface area contributed by atoms with E-state index in [4.69, 9.17) is 0 Å². The molecular formula is C21H27N3O. The maximum Gasteiger partial charge on any atom is 0.230 e. The summed E-state index contributed by atoms with van der Waals surface area (Å²) in [7, 11) is 2.16. The van der Waals surface area contributed by atoms with E-state index in [9.17, 15) is 4.79 Å². The Morgan fingerprint density at radius 1 is 1.32 bits per heavy atom. The third-order valence-corrected chi connectivity index (χ3v) is 6.00. The minimum Gasteiger partial charge on any atom is -0.361 e. The number of nitrogens with zero attached hydrogens (tertiary/aromatic N) is 2. The summed E-state index contributed by atoms with van der Waals surface area (Å²) >= 11 is 0. The third kappa shape index (κ3) is 2.43. The molecule has 0 spiro atoms. The second-order valence-corrected chi connectivity index (χ2v) is 7.39. The Kier molecular flexibility index (Phi) is 3.95. The summed E-state index contributed by atoms with van der Waals surface area (Å²) in [5.41, 5.74) is 6.56. The molecule has 2 atom stereocenters. The molecule has 0 bridgehead atoms. The number of fused-ring (bicyclic) bond motifs is 2. The smallest absolute Gasteiger partial charge is 0.230 e. The van der Waals surface area contributed by atoms with Gasteiger partial charge < -0.3 is 9.88 Å². The molecule has 132 valence electrons. The zero-order valence-corrected chi connectivity index (χ0v) is 15.6. The summed E-state index contributed by atoms with van der Waals surface area (Å²) < 4.78 is 0. The van der Waals surface area contributed by atoms with Crippen LogP contribution in [0.4, 0.5) is 0 Å². The molecule has 1 aromatic carbocycles. The van der Waals surface area contributed by atoms with Crippen molar-refractivity contribution in [2.45, 2.75) is 33.2 Å². The largest absolute Gasteiger partial charge is 0.361 e. The lowest BCUT2D eigenvalue weighted by Gasteiger charge is -2.40. The van der Waals surface area contributed by atoms with E-state index in [0.29, 0.717) is 6.04 Å². The fraction of sp³-hybridized carbons (Fsp3) is 0.476. The number of amides is 1. The molecule has 1 aromatic heterocycles. The normalized spacial score (nSPS) is 22.6. The Hall–Kier alpha value is -2.07. The van der Waals surface area contributed by atoms with Gasteiger partial charge in [-0.2, -0.15) is 0 Å². The van der Waals surface area contributed by atoms with Gasteiger partial charge in [-0.3, -0.25) is 9.69 Å². The van der Waals surface area contributed by atoms with Crippen LogP contribution in [0.25, 0.3) is 16.5 Å². The molecule has 1 aliphatic carbocycles. The molecule has 4 nitrogen and oxygen atoms in total. The fourth-order valence-electron chi connectivity index (χ4n) is 4.58. The number of nitrogens with one attached hydrogen (secondary N) is 1. The van der Waals surface area contributed by atoms with E-state index in [1.807, 2.05) is 4.90 Å². The summed E-state index contributed by atoms with van der Waals surface area (Å²) in [6.07, 6.45) is 5.44. The first-order chi connectivity index (χ1) is 12.0. The minimum atomic E-state index is -0.0482. The number of rotatable bonds is 3. The second kappa shape index (κ2) is 6.03. The molecule has 1 N–H and O–H groups in total. The van der Waals surface area contributed by atoms with Gasteiger partial charge >= 0.3 is 0 Å². The molecule has 0 radical (unpaired) electrons. The van der Waals surface area contributed by atoms with Crippen LogP contribution in [0.15, 0.2) is 24.4 Å². The van der Waals surface area contributed by atoms with Crippen molar-refractivity contribution >= 4 is 22.4 Å². The SMILES string of the molecule is CCN(CC)C(=O)[C@@H]1C=C2c3ccc(C)c4[nH]cc(c34)C[C@H]2N(C)C1. The lowest BCUT2D eigenvalue weighted by Crippen LogP contribution is -2.47. The number of carbonyl (C=O) groups is 1. The topological polar surface area (TPSA) is 39.3 Å².